The number of hydrogen-bond acceptors (Lipinski definition) is 3. The van der Waals surface area contributed by atoms with E-state index < -0.39 is 0 Å². The molecule has 0 radical (unpaired) electrons. The first-order chi connectivity index (χ1) is 26.8. The lowest BCUT2D eigenvalue weighted by atomic mass is 9.93. The zero-order valence-electron chi connectivity index (χ0n) is 29.4. The van der Waals surface area contributed by atoms with E-state index >= 15 is 0 Å². The Morgan fingerprint density at radius 3 is 1.70 bits per heavy atom. The molecule has 0 amide bonds. The monoisotopic (exact) mass is 706 g/mol. The van der Waals surface area contributed by atoms with Crippen LogP contribution < -0.4 is 4.90 Å². The van der Waals surface area contributed by atoms with Crippen molar-refractivity contribution in [3.8, 4) is 44.0 Å². The Kier molecular flexibility index (Phi) is 8.05. The van der Waals surface area contributed by atoms with Crippen LogP contribution in [-0.2, 0) is 0 Å². The van der Waals surface area contributed by atoms with Gasteiger partial charge in [0.1, 0.15) is 5.01 Å². The Balaban J connectivity index is 1.23. The van der Waals surface area contributed by atoms with Gasteiger partial charge in [0.25, 0.3) is 0 Å². The number of rotatable bonds is 7. The fourth-order valence-electron chi connectivity index (χ4n) is 7.73. The zero-order chi connectivity index (χ0) is 35.8. The molecule has 254 valence electrons. The molecule has 0 N–H and O–H groups in total. The summed E-state index contributed by atoms with van der Waals surface area (Å²) in [6.07, 6.45) is 0. The highest BCUT2D eigenvalue weighted by Crippen LogP contribution is 2.47. The van der Waals surface area contributed by atoms with Crippen molar-refractivity contribution in [2.45, 2.75) is 0 Å². The lowest BCUT2D eigenvalue weighted by molar-refractivity contribution is 1.30. The molecule has 0 spiro atoms. The van der Waals surface area contributed by atoms with E-state index in [1.807, 2.05) is 0 Å². The average molecular weight is 707 g/mol. The Hall–Kier alpha value is -6.81. The second-order valence-electron chi connectivity index (χ2n) is 13.6. The number of hydrogen-bond donors (Lipinski definition) is 0. The zero-order valence-corrected chi connectivity index (χ0v) is 30.2. The highest BCUT2D eigenvalue weighted by molar-refractivity contribution is 7.22. The molecule has 0 bridgehead atoms. The number of thiazole rings is 1. The van der Waals surface area contributed by atoms with Gasteiger partial charge in [-0.15, -0.1) is 11.3 Å². The van der Waals surface area contributed by atoms with E-state index in [4.69, 9.17) is 4.98 Å². The second kappa shape index (κ2) is 13.6. The maximum absolute atomic E-state index is 5.15. The number of para-hydroxylation sites is 1. The van der Waals surface area contributed by atoms with E-state index in [0.717, 1.165) is 33.1 Å². The Morgan fingerprint density at radius 1 is 0.389 bits per heavy atom. The molecular weight excluding hydrogens is 673 g/mol. The number of anilines is 3. The number of benzene rings is 9. The SMILES string of the molecule is c1ccc(-c2ccc3c(N(c4ccccc4)c4cccc(-c5ccccc5-c5ccccc5)c4)cc4ccc5nc(-c6ccccc6)sc5c4c3c2)cc1. The predicted octanol–water partition coefficient (Wildman–Crippen LogP) is 14.7. The van der Waals surface area contributed by atoms with Crippen LogP contribution >= 0.6 is 11.3 Å². The van der Waals surface area contributed by atoms with E-state index in [2.05, 4.69) is 211 Å². The van der Waals surface area contributed by atoms with Gasteiger partial charge in [0.2, 0.25) is 0 Å². The minimum atomic E-state index is 1.02. The topological polar surface area (TPSA) is 16.1 Å². The summed E-state index contributed by atoms with van der Waals surface area (Å²) >= 11 is 1.78. The molecule has 0 aliphatic rings. The van der Waals surface area contributed by atoms with Crippen LogP contribution in [0.3, 0.4) is 0 Å². The molecule has 9 aromatic carbocycles. The molecule has 1 aromatic heterocycles. The molecular formula is C51H34N2S. The predicted molar refractivity (Wildman–Crippen MR) is 231 cm³/mol. The van der Waals surface area contributed by atoms with Gasteiger partial charge in [0.15, 0.2) is 0 Å². The molecule has 0 saturated carbocycles. The van der Waals surface area contributed by atoms with Crippen LogP contribution in [0, 0.1) is 0 Å². The van der Waals surface area contributed by atoms with Crippen molar-refractivity contribution in [3.05, 3.63) is 206 Å². The third-order valence-electron chi connectivity index (χ3n) is 10.3. The van der Waals surface area contributed by atoms with Gasteiger partial charge in [0, 0.05) is 27.7 Å². The van der Waals surface area contributed by atoms with Crippen LogP contribution in [-0.4, -0.2) is 4.98 Å². The van der Waals surface area contributed by atoms with E-state index in [-0.39, 0.29) is 0 Å². The molecule has 0 aliphatic heterocycles. The van der Waals surface area contributed by atoms with Crippen molar-refractivity contribution in [2.24, 2.45) is 0 Å². The van der Waals surface area contributed by atoms with Gasteiger partial charge in [-0.05, 0) is 86.6 Å². The van der Waals surface area contributed by atoms with Gasteiger partial charge in [-0.25, -0.2) is 4.98 Å². The molecule has 3 heteroatoms. The number of nitrogens with zero attached hydrogens (tertiary/aromatic N) is 2. The van der Waals surface area contributed by atoms with E-state index in [1.165, 1.54) is 59.6 Å². The average Bonchev–Trinajstić information content (AvgIpc) is 3.70. The van der Waals surface area contributed by atoms with Crippen LogP contribution in [0.25, 0.3) is 75.7 Å². The van der Waals surface area contributed by atoms with E-state index in [9.17, 15) is 0 Å². The van der Waals surface area contributed by atoms with Gasteiger partial charge in [-0.3, -0.25) is 0 Å². The van der Waals surface area contributed by atoms with Gasteiger partial charge in [-0.2, -0.15) is 0 Å². The summed E-state index contributed by atoms with van der Waals surface area (Å²) in [5.41, 5.74) is 12.7. The van der Waals surface area contributed by atoms with Crippen LogP contribution in [0.15, 0.2) is 206 Å². The fraction of sp³-hybridized carbons (Fsp3) is 0. The smallest absolute Gasteiger partial charge is 0.124 e. The summed E-state index contributed by atoms with van der Waals surface area (Å²) in [7, 11) is 0. The Bertz CT molecular complexity index is 2920. The Labute approximate surface area is 318 Å². The maximum atomic E-state index is 5.15. The Morgan fingerprint density at radius 2 is 0.981 bits per heavy atom. The van der Waals surface area contributed by atoms with Gasteiger partial charge >= 0.3 is 0 Å². The third kappa shape index (κ3) is 5.72. The first-order valence-electron chi connectivity index (χ1n) is 18.3. The molecule has 0 fully saturated rings. The van der Waals surface area contributed by atoms with Crippen LogP contribution in [0.4, 0.5) is 17.1 Å². The first-order valence-corrected chi connectivity index (χ1v) is 19.1. The van der Waals surface area contributed by atoms with Crippen molar-refractivity contribution < 1.29 is 0 Å². The summed E-state index contributed by atoms with van der Waals surface area (Å²) in [5, 5.41) is 5.85. The molecule has 10 rings (SSSR count). The highest BCUT2D eigenvalue weighted by Gasteiger charge is 2.21. The number of aromatic nitrogens is 1. The molecule has 0 atom stereocenters. The van der Waals surface area contributed by atoms with Crippen molar-refractivity contribution in [1.82, 2.24) is 4.98 Å². The highest BCUT2D eigenvalue weighted by atomic mass is 32.1. The molecule has 1 heterocycles. The first kappa shape index (κ1) is 31.9. The standard InChI is InChI=1S/C51H34N2S/c1-5-16-35(17-6-1)38-28-30-45-46(33-38)49-40(29-31-47-50(49)54-51(52-47)37-20-9-3-10-21-37)34-48(45)53(41-23-11-4-12-24-41)42-25-15-22-39(32-42)44-27-14-13-26-43(44)36-18-7-2-8-19-36/h1-34H. The van der Waals surface area contributed by atoms with Gasteiger partial charge < -0.3 is 4.90 Å². The van der Waals surface area contributed by atoms with Gasteiger partial charge in [-0.1, -0.05) is 164 Å². The summed E-state index contributed by atoms with van der Waals surface area (Å²) < 4.78 is 1.21. The summed E-state index contributed by atoms with van der Waals surface area (Å²) in [4.78, 5) is 7.57. The largest absolute Gasteiger partial charge is 0.310 e. The summed E-state index contributed by atoms with van der Waals surface area (Å²) in [6.45, 7) is 0. The van der Waals surface area contributed by atoms with E-state index in [0.29, 0.717) is 0 Å². The van der Waals surface area contributed by atoms with Crippen molar-refractivity contribution in [3.63, 3.8) is 0 Å². The molecule has 0 unspecified atom stereocenters. The summed E-state index contributed by atoms with van der Waals surface area (Å²) in [5.74, 6) is 0. The quantitative estimate of drug-likeness (QED) is 0.153. The fourth-order valence-corrected chi connectivity index (χ4v) is 8.86. The van der Waals surface area contributed by atoms with Crippen molar-refractivity contribution >= 4 is 60.2 Å². The van der Waals surface area contributed by atoms with Crippen LogP contribution in [0.1, 0.15) is 0 Å². The molecule has 10 aromatic rings. The normalized spacial score (nSPS) is 11.3. The van der Waals surface area contributed by atoms with Crippen LogP contribution in [0.2, 0.25) is 0 Å². The molecule has 0 aliphatic carbocycles. The van der Waals surface area contributed by atoms with E-state index in [1.54, 1.807) is 11.3 Å². The number of fused-ring (bicyclic) bond motifs is 5. The molecule has 54 heavy (non-hydrogen) atoms. The second-order valence-corrected chi connectivity index (χ2v) is 14.6. The molecule has 0 saturated heterocycles. The van der Waals surface area contributed by atoms with Crippen molar-refractivity contribution in [1.29, 1.82) is 0 Å². The van der Waals surface area contributed by atoms with Crippen molar-refractivity contribution in [2.75, 3.05) is 4.90 Å². The summed E-state index contributed by atoms with van der Waals surface area (Å²) in [6, 6.07) is 74.1. The van der Waals surface area contributed by atoms with Gasteiger partial charge in [0.05, 0.1) is 15.9 Å². The lowest BCUT2D eigenvalue weighted by Crippen LogP contribution is -2.10. The lowest BCUT2D eigenvalue weighted by Gasteiger charge is -2.28. The van der Waals surface area contributed by atoms with Crippen LogP contribution in [0.5, 0.6) is 0 Å². The molecule has 2 nitrogen and oxygen atoms in total. The minimum Gasteiger partial charge on any atom is -0.310 e. The minimum absolute atomic E-state index is 1.02. The third-order valence-corrected chi connectivity index (χ3v) is 11.4. The maximum Gasteiger partial charge on any atom is 0.124 e.